The highest BCUT2D eigenvalue weighted by atomic mass is 16.1. The summed E-state index contributed by atoms with van der Waals surface area (Å²) in [5.41, 5.74) is 7.80. The molecule has 0 heterocycles. The molecule has 0 aromatic heterocycles. The zero-order valence-electron chi connectivity index (χ0n) is 10.9. The molecular weight excluding hydrogens is 226 g/mol. The van der Waals surface area contributed by atoms with Crippen molar-refractivity contribution >= 4 is 11.6 Å². The van der Waals surface area contributed by atoms with E-state index in [1.165, 1.54) is 0 Å². The number of nitrogens with one attached hydrogen (secondary N) is 1. The maximum absolute atomic E-state index is 11.6. The van der Waals surface area contributed by atoms with Crippen molar-refractivity contribution in [1.82, 2.24) is 5.32 Å². The van der Waals surface area contributed by atoms with Gasteiger partial charge in [0.15, 0.2) is 0 Å². The number of hydrogen-bond acceptors (Lipinski definition) is 3. The molecule has 0 spiro atoms. The second kappa shape index (κ2) is 5.87. The molecule has 1 aromatic carbocycles. The molecule has 18 heavy (non-hydrogen) atoms. The highest BCUT2D eigenvalue weighted by Gasteiger charge is 2.22. The van der Waals surface area contributed by atoms with Crippen LogP contribution in [-0.2, 0) is 11.3 Å². The number of nitrogens with two attached hydrogens (primary N) is 1. The first-order valence-electron chi connectivity index (χ1n) is 6.48. The van der Waals surface area contributed by atoms with Crippen LogP contribution in [0.1, 0.15) is 24.8 Å². The van der Waals surface area contributed by atoms with Crippen LogP contribution in [0.15, 0.2) is 24.3 Å². The molecule has 98 valence electrons. The molecule has 4 heteroatoms. The summed E-state index contributed by atoms with van der Waals surface area (Å²) < 4.78 is 0. The lowest BCUT2D eigenvalue weighted by Gasteiger charge is -2.19. The number of anilines is 1. The maximum Gasteiger partial charge on any atom is 0.221 e. The van der Waals surface area contributed by atoms with Crippen LogP contribution in [0.4, 0.5) is 5.69 Å². The zero-order chi connectivity index (χ0) is 13.0. The third kappa shape index (κ3) is 3.74. The van der Waals surface area contributed by atoms with Crippen LogP contribution in [-0.4, -0.2) is 25.5 Å². The van der Waals surface area contributed by atoms with Gasteiger partial charge in [-0.2, -0.15) is 0 Å². The van der Waals surface area contributed by atoms with E-state index in [0.29, 0.717) is 19.0 Å². The van der Waals surface area contributed by atoms with Crippen LogP contribution < -0.4 is 16.0 Å². The fourth-order valence-electron chi connectivity index (χ4n) is 1.81. The summed E-state index contributed by atoms with van der Waals surface area (Å²) in [4.78, 5) is 13.7. The number of carbonyl (C=O) groups is 1. The van der Waals surface area contributed by atoms with Crippen molar-refractivity contribution in [3.63, 3.8) is 0 Å². The Kier molecular flexibility index (Phi) is 4.20. The van der Waals surface area contributed by atoms with Gasteiger partial charge in [0, 0.05) is 38.3 Å². The number of rotatable bonds is 6. The Hall–Kier alpha value is -1.55. The van der Waals surface area contributed by atoms with Crippen molar-refractivity contribution in [2.45, 2.75) is 31.8 Å². The average Bonchev–Trinajstić information content (AvgIpc) is 3.20. The van der Waals surface area contributed by atoms with Crippen LogP contribution in [0.5, 0.6) is 0 Å². The second-order valence-corrected chi connectivity index (χ2v) is 4.88. The molecule has 1 aliphatic rings. The van der Waals surface area contributed by atoms with Crippen molar-refractivity contribution < 1.29 is 4.79 Å². The Labute approximate surface area is 108 Å². The van der Waals surface area contributed by atoms with Crippen molar-refractivity contribution in [1.29, 1.82) is 0 Å². The van der Waals surface area contributed by atoms with E-state index in [1.807, 2.05) is 31.3 Å². The van der Waals surface area contributed by atoms with Gasteiger partial charge in [0.25, 0.3) is 0 Å². The van der Waals surface area contributed by atoms with Gasteiger partial charge in [0.1, 0.15) is 0 Å². The minimum absolute atomic E-state index is 0.155. The van der Waals surface area contributed by atoms with E-state index in [1.54, 1.807) is 0 Å². The minimum atomic E-state index is 0.155. The third-order valence-corrected chi connectivity index (χ3v) is 3.23. The molecule has 2 rings (SSSR count). The van der Waals surface area contributed by atoms with E-state index < -0.39 is 0 Å². The molecule has 4 nitrogen and oxygen atoms in total. The van der Waals surface area contributed by atoms with Crippen molar-refractivity contribution in [2.24, 2.45) is 5.73 Å². The van der Waals surface area contributed by atoms with Crippen LogP contribution in [0.2, 0.25) is 0 Å². The molecular formula is C14H21N3O. The monoisotopic (exact) mass is 247 g/mol. The number of carbonyl (C=O) groups excluding carboxylic acids is 1. The molecule has 0 atom stereocenters. The second-order valence-electron chi connectivity index (χ2n) is 4.88. The van der Waals surface area contributed by atoms with E-state index in [4.69, 9.17) is 5.73 Å². The largest absolute Gasteiger partial charge is 0.374 e. The Morgan fingerprint density at radius 1 is 1.39 bits per heavy atom. The van der Waals surface area contributed by atoms with Gasteiger partial charge in [-0.05, 0) is 30.5 Å². The smallest absolute Gasteiger partial charge is 0.221 e. The first-order valence-corrected chi connectivity index (χ1v) is 6.48. The molecule has 0 radical (unpaired) electrons. The van der Waals surface area contributed by atoms with E-state index in [9.17, 15) is 4.79 Å². The summed E-state index contributed by atoms with van der Waals surface area (Å²) >= 11 is 0. The Bertz CT molecular complexity index is 398. The fourth-order valence-corrected chi connectivity index (χ4v) is 1.81. The standard InChI is InChI=1S/C14H21N3O/c1-17(9-8-14(18)16-12-4-5-12)13-6-2-11(10-15)3-7-13/h2-3,6-7,12H,4-5,8-10,15H2,1H3,(H,16,18). The number of amides is 1. The quantitative estimate of drug-likeness (QED) is 0.795. The van der Waals surface area contributed by atoms with Crippen molar-refractivity contribution in [2.75, 3.05) is 18.5 Å². The molecule has 0 bridgehead atoms. The summed E-state index contributed by atoms with van der Waals surface area (Å²) in [7, 11) is 2.00. The normalized spacial score (nSPS) is 14.3. The van der Waals surface area contributed by atoms with Crippen molar-refractivity contribution in [3.05, 3.63) is 29.8 Å². The third-order valence-electron chi connectivity index (χ3n) is 3.23. The first kappa shape index (κ1) is 12.9. The molecule has 1 saturated carbocycles. The Morgan fingerprint density at radius 3 is 2.61 bits per heavy atom. The fraction of sp³-hybridized carbons (Fsp3) is 0.500. The number of benzene rings is 1. The van der Waals surface area contributed by atoms with Crippen LogP contribution in [0, 0.1) is 0 Å². The summed E-state index contributed by atoms with van der Waals surface area (Å²) in [5.74, 6) is 0.155. The minimum Gasteiger partial charge on any atom is -0.374 e. The average molecular weight is 247 g/mol. The van der Waals surface area contributed by atoms with Gasteiger partial charge in [0.05, 0.1) is 0 Å². The van der Waals surface area contributed by atoms with Gasteiger partial charge >= 0.3 is 0 Å². The van der Waals surface area contributed by atoms with Crippen LogP contribution >= 0.6 is 0 Å². The molecule has 3 N–H and O–H groups in total. The molecule has 0 saturated heterocycles. The maximum atomic E-state index is 11.6. The van der Waals surface area contributed by atoms with Gasteiger partial charge in [0.2, 0.25) is 5.91 Å². The van der Waals surface area contributed by atoms with Crippen LogP contribution in [0.25, 0.3) is 0 Å². The van der Waals surface area contributed by atoms with E-state index >= 15 is 0 Å². The Morgan fingerprint density at radius 2 is 2.06 bits per heavy atom. The molecule has 0 aliphatic heterocycles. The summed E-state index contributed by atoms with van der Waals surface area (Å²) in [5, 5.41) is 3.00. The van der Waals surface area contributed by atoms with Gasteiger partial charge in [-0.25, -0.2) is 0 Å². The molecule has 1 fully saturated rings. The molecule has 0 unspecified atom stereocenters. The van der Waals surface area contributed by atoms with E-state index in [-0.39, 0.29) is 5.91 Å². The topological polar surface area (TPSA) is 58.4 Å². The lowest BCUT2D eigenvalue weighted by molar-refractivity contribution is -0.121. The van der Waals surface area contributed by atoms with Gasteiger partial charge < -0.3 is 16.0 Å². The molecule has 1 aromatic rings. The van der Waals surface area contributed by atoms with E-state index in [2.05, 4.69) is 10.2 Å². The summed E-state index contributed by atoms with van der Waals surface area (Å²) in [6.45, 7) is 1.30. The van der Waals surface area contributed by atoms with E-state index in [0.717, 1.165) is 30.6 Å². The van der Waals surface area contributed by atoms with Gasteiger partial charge in [-0.1, -0.05) is 12.1 Å². The van der Waals surface area contributed by atoms with Gasteiger partial charge in [-0.15, -0.1) is 0 Å². The number of hydrogen-bond donors (Lipinski definition) is 2. The lowest BCUT2D eigenvalue weighted by Crippen LogP contribution is -2.30. The zero-order valence-corrected chi connectivity index (χ0v) is 10.9. The van der Waals surface area contributed by atoms with Crippen LogP contribution in [0.3, 0.4) is 0 Å². The van der Waals surface area contributed by atoms with Gasteiger partial charge in [-0.3, -0.25) is 4.79 Å². The Balaban J connectivity index is 1.78. The predicted molar refractivity (Wildman–Crippen MR) is 73.4 cm³/mol. The first-order chi connectivity index (χ1) is 8.69. The highest BCUT2D eigenvalue weighted by Crippen LogP contribution is 2.19. The molecule has 1 aliphatic carbocycles. The summed E-state index contributed by atoms with van der Waals surface area (Å²) in [6.07, 6.45) is 2.83. The summed E-state index contributed by atoms with van der Waals surface area (Å²) in [6, 6.07) is 8.58. The van der Waals surface area contributed by atoms with Crippen molar-refractivity contribution in [3.8, 4) is 0 Å². The molecule has 1 amide bonds. The predicted octanol–water partition coefficient (Wildman–Crippen LogP) is 1.25. The highest BCUT2D eigenvalue weighted by molar-refractivity contribution is 5.77. The lowest BCUT2D eigenvalue weighted by atomic mass is 10.2. The number of nitrogens with zero attached hydrogens (tertiary/aromatic N) is 1. The SMILES string of the molecule is CN(CCC(=O)NC1CC1)c1ccc(CN)cc1.